The van der Waals surface area contributed by atoms with Gasteiger partial charge >= 0.3 is 0 Å². The molecule has 2 aromatic heterocycles. The molecule has 3 aromatic rings. The molecule has 204 valence electrons. The molecule has 37 heavy (non-hydrogen) atoms. The molecule has 3 heterocycles. The van der Waals surface area contributed by atoms with Gasteiger partial charge in [-0.15, -0.1) is 0 Å². The number of rotatable bonds is 11. The normalized spacial score (nSPS) is 14.4. The zero-order chi connectivity index (χ0) is 25.9. The first-order chi connectivity index (χ1) is 17.3. The Hall–Kier alpha value is -2.76. The molecule has 4 rings (SSSR count). The molecule has 0 saturated carbocycles. The van der Waals surface area contributed by atoms with Gasteiger partial charge in [-0.3, -0.25) is 9.48 Å². The molecular weight excluding hydrogens is 492 g/mol. The predicted octanol–water partition coefficient (Wildman–Crippen LogP) is 3.42. The number of aromatic amines is 1. The van der Waals surface area contributed by atoms with Gasteiger partial charge in [0, 0.05) is 27.2 Å². The van der Waals surface area contributed by atoms with Gasteiger partial charge in [-0.05, 0) is 57.0 Å². The van der Waals surface area contributed by atoms with Crippen molar-refractivity contribution in [1.29, 1.82) is 0 Å². The van der Waals surface area contributed by atoms with Gasteiger partial charge in [0.1, 0.15) is 17.1 Å². The number of aryl methyl sites for hydroxylation is 2. The zero-order valence-corrected chi connectivity index (χ0v) is 22.4. The van der Waals surface area contributed by atoms with Crippen molar-refractivity contribution in [3.63, 3.8) is 0 Å². The van der Waals surface area contributed by atoms with Gasteiger partial charge in [-0.2, -0.15) is 9.40 Å². The summed E-state index contributed by atoms with van der Waals surface area (Å²) in [5.41, 5.74) is 1.76. The van der Waals surface area contributed by atoms with Crippen LogP contribution in [0.15, 0.2) is 27.9 Å². The van der Waals surface area contributed by atoms with Crippen molar-refractivity contribution in [3.05, 3.63) is 34.2 Å². The van der Waals surface area contributed by atoms with Crippen LogP contribution in [0.1, 0.15) is 52.7 Å². The third-order valence-corrected chi connectivity index (χ3v) is 8.41. The minimum atomic E-state index is -3.75. The smallest absolute Gasteiger partial charge is 0.277 e. The molecule has 11 heteroatoms. The Balaban J connectivity index is 0.00000380. The second-order valence-electron chi connectivity index (χ2n) is 9.31. The Kier molecular flexibility index (Phi) is 9.49. The molecule has 1 aliphatic heterocycles. The number of hydrogen-bond donors (Lipinski definition) is 1. The van der Waals surface area contributed by atoms with E-state index in [9.17, 15) is 13.2 Å². The van der Waals surface area contributed by atoms with Crippen LogP contribution in [0.4, 0.5) is 0 Å². The number of ether oxygens (including phenoxy) is 1. The average Bonchev–Trinajstić information content (AvgIpc) is 3.49. The summed E-state index contributed by atoms with van der Waals surface area (Å²) in [7, 11) is -0.425. The summed E-state index contributed by atoms with van der Waals surface area (Å²) in [6.07, 6.45) is 4.64. The zero-order valence-electron chi connectivity index (χ0n) is 21.6. The Morgan fingerprint density at radius 3 is 2.57 bits per heavy atom. The molecule has 1 N–H and O–H groups in total. The van der Waals surface area contributed by atoms with Crippen molar-refractivity contribution < 1.29 is 13.2 Å². The van der Waals surface area contributed by atoms with Gasteiger partial charge in [0.25, 0.3) is 5.56 Å². The lowest BCUT2D eigenvalue weighted by molar-refractivity contribution is 0.310. The minimum absolute atomic E-state index is 0. The molecule has 0 radical (unpaired) electrons. The summed E-state index contributed by atoms with van der Waals surface area (Å²) in [5, 5.41) is 4.48. The summed E-state index contributed by atoms with van der Waals surface area (Å²) in [6, 6.07) is 4.75. The van der Waals surface area contributed by atoms with E-state index in [4.69, 9.17) is 9.72 Å². The minimum Gasteiger partial charge on any atom is -0.493 e. The van der Waals surface area contributed by atoms with Crippen LogP contribution in [0.5, 0.6) is 5.75 Å². The average molecular weight is 533 g/mol. The lowest BCUT2D eigenvalue weighted by Crippen LogP contribution is -2.35. The van der Waals surface area contributed by atoms with E-state index in [1.54, 1.807) is 37.0 Å². The summed E-state index contributed by atoms with van der Waals surface area (Å²) >= 11 is 0. The summed E-state index contributed by atoms with van der Waals surface area (Å²) in [5.74, 6) is 0.736. The van der Waals surface area contributed by atoms with E-state index in [-0.39, 0.29) is 23.7 Å². The van der Waals surface area contributed by atoms with Gasteiger partial charge in [-0.25, -0.2) is 13.4 Å². The maximum absolute atomic E-state index is 13.4. The summed E-state index contributed by atoms with van der Waals surface area (Å²) in [6.45, 7) is 7.62. The molecule has 1 fully saturated rings. The van der Waals surface area contributed by atoms with Gasteiger partial charge in [0.05, 0.1) is 22.8 Å². The van der Waals surface area contributed by atoms with Crippen LogP contribution in [-0.4, -0.2) is 77.2 Å². The lowest BCUT2D eigenvalue weighted by Gasteiger charge is -2.22. The highest BCUT2D eigenvalue weighted by Crippen LogP contribution is 2.32. The number of likely N-dealkylation sites (tertiary alicyclic amines) is 1. The Labute approximate surface area is 219 Å². The largest absolute Gasteiger partial charge is 0.493 e. The first-order valence-electron chi connectivity index (χ1n) is 12.7. The van der Waals surface area contributed by atoms with Crippen LogP contribution in [0.25, 0.3) is 22.4 Å². The van der Waals surface area contributed by atoms with Crippen LogP contribution >= 0.6 is 0 Å². The first-order valence-corrected chi connectivity index (χ1v) is 14.1. The van der Waals surface area contributed by atoms with Gasteiger partial charge in [-0.1, -0.05) is 27.7 Å². The topological polar surface area (TPSA) is 113 Å². The molecule has 1 aliphatic rings. The van der Waals surface area contributed by atoms with E-state index >= 15 is 0 Å². The first kappa shape index (κ1) is 28.8. The van der Waals surface area contributed by atoms with Gasteiger partial charge in [0.2, 0.25) is 10.0 Å². The molecule has 0 atom stereocenters. The Morgan fingerprint density at radius 1 is 1.16 bits per heavy atom. The monoisotopic (exact) mass is 532 g/mol. The molecule has 10 nitrogen and oxygen atoms in total. The number of H-pyrrole nitrogens is 1. The fraction of sp³-hybridized carbons (Fsp3) is 0.577. The molecular formula is C26H40N6O4S. The maximum atomic E-state index is 13.4. The molecule has 0 unspecified atom stereocenters. The second-order valence-corrected chi connectivity index (χ2v) is 11.4. The van der Waals surface area contributed by atoms with E-state index in [0.29, 0.717) is 48.5 Å². The Bertz CT molecular complexity index is 1380. The number of nitrogens with one attached hydrogen (secondary N) is 1. The molecule has 0 spiro atoms. The molecule has 0 amide bonds. The van der Waals surface area contributed by atoms with Crippen molar-refractivity contribution in [1.82, 2.24) is 29.0 Å². The number of sulfonamides is 1. The van der Waals surface area contributed by atoms with E-state index in [0.717, 1.165) is 44.5 Å². The fourth-order valence-corrected chi connectivity index (χ4v) is 5.75. The second kappa shape index (κ2) is 12.2. The molecule has 1 saturated heterocycles. The third kappa shape index (κ3) is 6.05. The number of likely N-dealkylation sites (N-methyl/N-ethyl adjacent to an activating group) is 1. The number of fused-ring (bicyclic) bond motifs is 1. The van der Waals surface area contributed by atoms with Crippen LogP contribution in [-0.2, 0) is 23.5 Å². The standard InChI is InChI=1S/C25H36N6O4S.CH4/c1-5-9-20-22-23(30(4)28-20)25(32)27-24(26-22)19-17-18(10-11-21(19)35-16-6-2)36(33,34)29(3)14-15-31-12-7-8-13-31;/h10-11,17H,5-9,12-16H2,1-4H3,(H,26,27,32);1H4. The van der Waals surface area contributed by atoms with Gasteiger partial charge < -0.3 is 14.6 Å². The lowest BCUT2D eigenvalue weighted by atomic mass is 10.1. The third-order valence-electron chi connectivity index (χ3n) is 6.56. The number of benzene rings is 1. The summed E-state index contributed by atoms with van der Waals surface area (Å²) < 4.78 is 35.7. The van der Waals surface area contributed by atoms with Crippen molar-refractivity contribution in [3.8, 4) is 17.1 Å². The van der Waals surface area contributed by atoms with Crippen molar-refractivity contribution in [2.75, 3.05) is 39.8 Å². The number of hydrogen-bond acceptors (Lipinski definition) is 7. The highest BCUT2D eigenvalue weighted by Gasteiger charge is 2.25. The maximum Gasteiger partial charge on any atom is 0.277 e. The molecule has 0 bridgehead atoms. The van der Waals surface area contributed by atoms with Crippen molar-refractivity contribution in [2.45, 2.75) is 58.3 Å². The van der Waals surface area contributed by atoms with E-state index in [1.807, 2.05) is 13.8 Å². The van der Waals surface area contributed by atoms with Crippen LogP contribution in [0.3, 0.4) is 0 Å². The van der Waals surface area contributed by atoms with Crippen LogP contribution in [0, 0.1) is 0 Å². The van der Waals surface area contributed by atoms with Crippen molar-refractivity contribution in [2.24, 2.45) is 7.05 Å². The van der Waals surface area contributed by atoms with E-state index < -0.39 is 10.0 Å². The predicted molar refractivity (Wildman–Crippen MR) is 147 cm³/mol. The van der Waals surface area contributed by atoms with Crippen LogP contribution < -0.4 is 10.3 Å². The quantitative estimate of drug-likeness (QED) is 0.403. The highest BCUT2D eigenvalue weighted by molar-refractivity contribution is 7.89. The summed E-state index contributed by atoms with van der Waals surface area (Å²) in [4.78, 5) is 23.0. The highest BCUT2D eigenvalue weighted by atomic mass is 32.2. The Morgan fingerprint density at radius 2 is 1.89 bits per heavy atom. The molecule has 0 aliphatic carbocycles. The fourth-order valence-electron chi connectivity index (χ4n) is 4.56. The van der Waals surface area contributed by atoms with Crippen LogP contribution in [0.2, 0.25) is 0 Å². The molecule has 1 aromatic carbocycles. The van der Waals surface area contributed by atoms with Gasteiger partial charge in [0.15, 0.2) is 5.52 Å². The van der Waals surface area contributed by atoms with E-state index in [1.165, 1.54) is 4.31 Å². The van der Waals surface area contributed by atoms with E-state index in [2.05, 4.69) is 15.0 Å². The van der Waals surface area contributed by atoms with Crippen molar-refractivity contribution >= 4 is 21.1 Å². The number of aromatic nitrogens is 4. The SMILES string of the molecule is C.CCCOc1ccc(S(=O)(=O)N(C)CCN2CCCC2)cc1-c1nc2c(CCC)nn(C)c2c(=O)[nH]1. The number of nitrogens with zero attached hydrogens (tertiary/aromatic N) is 5.